The van der Waals surface area contributed by atoms with Crippen LogP contribution in [0, 0.1) is 24.0 Å². The van der Waals surface area contributed by atoms with Gasteiger partial charge >= 0.3 is 0 Å². The molecule has 2 aliphatic heterocycles. The first-order valence-electron chi connectivity index (χ1n) is 9.47. The minimum Gasteiger partial charge on any atom is -0.459 e. The van der Waals surface area contributed by atoms with Gasteiger partial charge in [0.2, 0.25) is 5.91 Å². The van der Waals surface area contributed by atoms with Crippen LogP contribution >= 0.6 is 0 Å². The van der Waals surface area contributed by atoms with Gasteiger partial charge in [0, 0.05) is 37.3 Å². The summed E-state index contributed by atoms with van der Waals surface area (Å²) in [7, 11) is 0. The number of aryl methyl sites for hydroxylation is 1. The fraction of sp³-hybridized carbons (Fsp3) is 0.429. The first kappa shape index (κ1) is 18.7. The molecule has 0 N–H and O–H groups in total. The van der Waals surface area contributed by atoms with Crippen LogP contribution in [0.4, 0.5) is 8.78 Å². The molecule has 0 aliphatic carbocycles. The van der Waals surface area contributed by atoms with Crippen LogP contribution in [-0.4, -0.2) is 41.2 Å². The first-order valence-corrected chi connectivity index (χ1v) is 9.47. The monoisotopic (exact) mass is 388 g/mol. The molecule has 2 saturated heterocycles. The number of likely N-dealkylation sites (tertiary alicyclic amines) is 2. The molecule has 1 spiro atoms. The van der Waals surface area contributed by atoms with Gasteiger partial charge in [-0.3, -0.25) is 9.59 Å². The van der Waals surface area contributed by atoms with Crippen LogP contribution in [0.3, 0.4) is 0 Å². The molecule has 0 bridgehead atoms. The third-order valence-corrected chi connectivity index (χ3v) is 5.91. The Kier molecular flexibility index (Phi) is 4.69. The average Bonchev–Trinajstić information content (AvgIpc) is 3.30. The number of furan rings is 1. The molecule has 1 aromatic carbocycles. The summed E-state index contributed by atoms with van der Waals surface area (Å²) in [5.74, 6) is -1.82. The average molecular weight is 388 g/mol. The summed E-state index contributed by atoms with van der Waals surface area (Å²) in [5, 5.41) is 0. The zero-order valence-corrected chi connectivity index (χ0v) is 15.7. The van der Waals surface area contributed by atoms with Gasteiger partial charge in [-0.05, 0) is 38.3 Å². The van der Waals surface area contributed by atoms with Crippen LogP contribution in [0.2, 0.25) is 0 Å². The van der Waals surface area contributed by atoms with E-state index in [1.165, 1.54) is 18.4 Å². The molecule has 0 saturated carbocycles. The molecular weight excluding hydrogens is 366 g/mol. The number of piperidine rings is 1. The zero-order chi connectivity index (χ0) is 19.9. The van der Waals surface area contributed by atoms with E-state index in [-0.39, 0.29) is 23.9 Å². The van der Waals surface area contributed by atoms with Gasteiger partial charge in [-0.15, -0.1) is 0 Å². The number of rotatable bonds is 3. The number of benzene rings is 1. The molecule has 2 fully saturated rings. The summed E-state index contributed by atoms with van der Waals surface area (Å²) < 4.78 is 32.8. The van der Waals surface area contributed by atoms with Gasteiger partial charge in [0.05, 0.1) is 11.7 Å². The minimum absolute atomic E-state index is 0.0371. The molecule has 1 unspecified atom stereocenters. The molecule has 5 nitrogen and oxygen atoms in total. The van der Waals surface area contributed by atoms with Gasteiger partial charge in [0.15, 0.2) is 17.4 Å². The molecule has 7 heteroatoms. The predicted octanol–water partition coefficient (Wildman–Crippen LogP) is 3.52. The smallest absolute Gasteiger partial charge is 0.289 e. The number of carbonyl (C=O) groups excluding carboxylic acids is 2. The topological polar surface area (TPSA) is 53.8 Å². The number of carbonyl (C=O) groups is 2. The molecule has 28 heavy (non-hydrogen) atoms. The fourth-order valence-corrected chi connectivity index (χ4v) is 4.34. The largest absolute Gasteiger partial charge is 0.459 e. The number of nitrogens with zero attached hydrogens (tertiary/aromatic N) is 2. The van der Waals surface area contributed by atoms with Crippen molar-refractivity contribution < 1.29 is 22.8 Å². The minimum atomic E-state index is -0.914. The SMILES string of the molecule is Cc1ccoc1C(=O)N1CCC2(CCCN(Cc3cccc(F)c3F)C2=O)C1. The van der Waals surface area contributed by atoms with Crippen LogP contribution in [0.5, 0.6) is 0 Å². The molecule has 2 aliphatic rings. The van der Waals surface area contributed by atoms with E-state index >= 15 is 0 Å². The second-order valence-corrected chi connectivity index (χ2v) is 7.73. The molecule has 1 aromatic heterocycles. The highest BCUT2D eigenvalue weighted by molar-refractivity contribution is 5.94. The molecule has 148 valence electrons. The lowest BCUT2D eigenvalue weighted by molar-refractivity contribution is -0.146. The van der Waals surface area contributed by atoms with Gasteiger partial charge < -0.3 is 14.2 Å². The predicted molar refractivity (Wildman–Crippen MR) is 97.4 cm³/mol. The third kappa shape index (κ3) is 3.08. The van der Waals surface area contributed by atoms with Crippen molar-refractivity contribution in [3.05, 3.63) is 59.1 Å². The normalized spacial score (nSPS) is 22.3. The quantitative estimate of drug-likeness (QED) is 0.809. The molecule has 4 rings (SSSR count). The van der Waals surface area contributed by atoms with Crippen molar-refractivity contribution in [3.63, 3.8) is 0 Å². The maximum atomic E-state index is 14.0. The highest BCUT2D eigenvalue weighted by atomic mass is 19.2. The van der Waals surface area contributed by atoms with E-state index in [1.54, 1.807) is 15.9 Å². The highest BCUT2D eigenvalue weighted by Gasteiger charge is 2.49. The Bertz CT molecular complexity index is 926. The molecule has 3 heterocycles. The van der Waals surface area contributed by atoms with Gasteiger partial charge in [-0.2, -0.15) is 0 Å². The Hall–Kier alpha value is -2.70. The Labute approximate surface area is 161 Å². The third-order valence-electron chi connectivity index (χ3n) is 5.91. The standard InChI is InChI=1S/C21H22F2N2O3/c1-14-6-11-28-18(14)19(26)25-10-8-21(13-25)7-3-9-24(20(21)27)12-15-4-2-5-16(22)17(15)23/h2,4-6,11H,3,7-10,12-13H2,1H3. The second-order valence-electron chi connectivity index (χ2n) is 7.73. The summed E-state index contributed by atoms with van der Waals surface area (Å²) in [6, 6.07) is 5.74. The van der Waals surface area contributed by atoms with E-state index in [4.69, 9.17) is 4.42 Å². The Balaban J connectivity index is 1.51. The Morgan fingerprint density at radius 3 is 2.79 bits per heavy atom. The van der Waals surface area contributed by atoms with Crippen LogP contribution in [0.25, 0.3) is 0 Å². The highest BCUT2D eigenvalue weighted by Crippen LogP contribution is 2.41. The van der Waals surface area contributed by atoms with Crippen molar-refractivity contribution in [1.29, 1.82) is 0 Å². The van der Waals surface area contributed by atoms with Crippen molar-refractivity contribution >= 4 is 11.8 Å². The van der Waals surface area contributed by atoms with Crippen molar-refractivity contribution in [1.82, 2.24) is 9.80 Å². The molecule has 2 aromatic rings. The van der Waals surface area contributed by atoms with E-state index in [2.05, 4.69) is 0 Å². The van der Waals surface area contributed by atoms with Crippen LogP contribution < -0.4 is 0 Å². The summed E-state index contributed by atoms with van der Waals surface area (Å²) in [6.45, 7) is 3.15. The zero-order valence-electron chi connectivity index (χ0n) is 15.7. The number of hydrogen-bond donors (Lipinski definition) is 0. The molecule has 1 atom stereocenters. The first-order chi connectivity index (χ1) is 13.4. The van der Waals surface area contributed by atoms with Crippen LogP contribution in [-0.2, 0) is 11.3 Å². The van der Waals surface area contributed by atoms with Gasteiger partial charge in [-0.25, -0.2) is 8.78 Å². The maximum Gasteiger partial charge on any atom is 0.289 e. The molecule has 2 amide bonds. The second kappa shape index (κ2) is 7.04. The van der Waals surface area contributed by atoms with Crippen molar-refractivity contribution in [2.75, 3.05) is 19.6 Å². The van der Waals surface area contributed by atoms with Gasteiger partial charge in [0.1, 0.15) is 0 Å². The lowest BCUT2D eigenvalue weighted by atomic mass is 9.78. The summed E-state index contributed by atoms with van der Waals surface area (Å²) in [5.41, 5.74) is 0.282. The lowest BCUT2D eigenvalue weighted by Gasteiger charge is -2.39. The summed E-state index contributed by atoms with van der Waals surface area (Å²) in [6.07, 6.45) is 3.51. The number of halogens is 2. The number of hydrogen-bond acceptors (Lipinski definition) is 3. The van der Waals surface area contributed by atoms with Crippen LogP contribution in [0.15, 0.2) is 34.9 Å². The van der Waals surface area contributed by atoms with E-state index in [1.807, 2.05) is 6.92 Å². The van der Waals surface area contributed by atoms with E-state index in [0.29, 0.717) is 38.2 Å². The number of amides is 2. The van der Waals surface area contributed by atoms with Crippen molar-refractivity contribution in [3.8, 4) is 0 Å². The fourth-order valence-electron chi connectivity index (χ4n) is 4.34. The summed E-state index contributed by atoms with van der Waals surface area (Å²) in [4.78, 5) is 29.2. The van der Waals surface area contributed by atoms with Crippen molar-refractivity contribution in [2.45, 2.75) is 32.7 Å². The van der Waals surface area contributed by atoms with Crippen molar-refractivity contribution in [2.24, 2.45) is 5.41 Å². The Morgan fingerprint density at radius 1 is 1.21 bits per heavy atom. The van der Waals surface area contributed by atoms with Gasteiger partial charge in [-0.1, -0.05) is 12.1 Å². The van der Waals surface area contributed by atoms with E-state index in [0.717, 1.165) is 18.1 Å². The van der Waals surface area contributed by atoms with E-state index in [9.17, 15) is 18.4 Å². The lowest BCUT2D eigenvalue weighted by Crippen LogP contribution is -2.50. The molecule has 0 radical (unpaired) electrons. The Morgan fingerprint density at radius 2 is 2.04 bits per heavy atom. The summed E-state index contributed by atoms with van der Waals surface area (Å²) >= 11 is 0. The van der Waals surface area contributed by atoms with Crippen LogP contribution in [0.1, 0.15) is 40.9 Å². The van der Waals surface area contributed by atoms with Gasteiger partial charge in [0.25, 0.3) is 5.91 Å². The van der Waals surface area contributed by atoms with E-state index < -0.39 is 17.0 Å². The molecular formula is C21H22F2N2O3. The maximum absolute atomic E-state index is 14.0.